The van der Waals surface area contributed by atoms with Crippen LogP contribution in [0.4, 0.5) is 0 Å². The summed E-state index contributed by atoms with van der Waals surface area (Å²) in [5.41, 5.74) is 3.08. The molecular formula is C25H40. The molecule has 0 unspecified atom stereocenters. The first-order valence-electron chi connectivity index (χ1n) is 11.4. The molecule has 0 amide bonds. The monoisotopic (exact) mass is 340 g/mol. The number of unbranched alkanes of at least 4 members (excludes halogenated alkanes) is 1. The van der Waals surface area contributed by atoms with Gasteiger partial charge in [0.25, 0.3) is 0 Å². The summed E-state index contributed by atoms with van der Waals surface area (Å²) in [7, 11) is 0. The van der Waals surface area contributed by atoms with Crippen LogP contribution in [0.2, 0.25) is 0 Å². The summed E-state index contributed by atoms with van der Waals surface area (Å²) in [5.74, 6) is 4.00. The van der Waals surface area contributed by atoms with Crippen LogP contribution in [0, 0.1) is 17.8 Å². The number of aryl methyl sites for hydroxylation is 1. The summed E-state index contributed by atoms with van der Waals surface area (Å²) in [6.07, 6.45) is 19.0. The fraction of sp³-hybridized carbons (Fsp3) is 0.760. The lowest BCUT2D eigenvalue weighted by molar-refractivity contribution is 0.199. The maximum absolute atomic E-state index is 2.40. The molecule has 0 aromatic heterocycles. The predicted molar refractivity (Wildman–Crippen MR) is 110 cm³/mol. The van der Waals surface area contributed by atoms with Gasteiger partial charge in [0, 0.05) is 0 Å². The minimum Gasteiger partial charge on any atom is -0.0654 e. The smallest absolute Gasteiger partial charge is 0.0162 e. The number of hydrogen-bond donors (Lipinski definition) is 0. The van der Waals surface area contributed by atoms with Crippen molar-refractivity contribution >= 4 is 0 Å². The Morgan fingerprint density at radius 3 is 1.84 bits per heavy atom. The van der Waals surface area contributed by atoms with Crippen LogP contribution in [-0.4, -0.2) is 0 Å². The predicted octanol–water partition coefficient (Wildman–Crippen LogP) is 7.91. The fourth-order valence-electron chi connectivity index (χ4n) is 5.48. The van der Waals surface area contributed by atoms with Crippen LogP contribution < -0.4 is 0 Å². The van der Waals surface area contributed by atoms with E-state index >= 15 is 0 Å². The van der Waals surface area contributed by atoms with E-state index in [1.807, 2.05) is 0 Å². The minimum atomic E-state index is 0.840. The zero-order valence-corrected chi connectivity index (χ0v) is 16.8. The third-order valence-corrected chi connectivity index (χ3v) is 7.31. The molecule has 25 heavy (non-hydrogen) atoms. The first-order valence-corrected chi connectivity index (χ1v) is 11.4. The van der Waals surface area contributed by atoms with Crippen molar-refractivity contribution in [1.29, 1.82) is 0 Å². The van der Waals surface area contributed by atoms with Crippen molar-refractivity contribution in [3.8, 4) is 0 Å². The van der Waals surface area contributed by atoms with Crippen LogP contribution >= 0.6 is 0 Å². The lowest BCUT2D eigenvalue weighted by Gasteiger charge is -2.34. The Morgan fingerprint density at radius 1 is 0.720 bits per heavy atom. The SMILES string of the molecule is CCCCC1CCC(CC2CCC(c3ccc(CC)cc3)CC2)CC1. The van der Waals surface area contributed by atoms with Crippen molar-refractivity contribution in [3.05, 3.63) is 35.4 Å². The quantitative estimate of drug-likeness (QED) is 0.473. The van der Waals surface area contributed by atoms with E-state index in [4.69, 9.17) is 0 Å². The van der Waals surface area contributed by atoms with Gasteiger partial charge in [0.05, 0.1) is 0 Å². The molecule has 0 N–H and O–H groups in total. The fourth-order valence-corrected chi connectivity index (χ4v) is 5.48. The van der Waals surface area contributed by atoms with Crippen LogP contribution in [0.5, 0.6) is 0 Å². The normalized spacial score (nSPS) is 30.3. The molecule has 2 fully saturated rings. The Bertz CT molecular complexity index is 469. The van der Waals surface area contributed by atoms with E-state index in [1.165, 1.54) is 76.2 Å². The molecule has 0 atom stereocenters. The van der Waals surface area contributed by atoms with E-state index in [-0.39, 0.29) is 0 Å². The highest BCUT2D eigenvalue weighted by atomic mass is 14.3. The van der Waals surface area contributed by atoms with Gasteiger partial charge in [-0.05, 0) is 73.3 Å². The molecule has 0 bridgehead atoms. The zero-order chi connectivity index (χ0) is 17.5. The highest BCUT2D eigenvalue weighted by Gasteiger charge is 2.27. The van der Waals surface area contributed by atoms with E-state index < -0.39 is 0 Å². The zero-order valence-electron chi connectivity index (χ0n) is 16.8. The second-order valence-corrected chi connectivity index (χ2v) is 9.08. The van der Waals surface area contributed by atoms with Gasteiger partial charge in [0.2, 0.25) is 0 Å². The van der Waals surface area contributed by atoms with Crippen LogP contribution in [0.15, 0.2) is 24.3 Å². The molecule has 2 saturated carbocycles. The highest BCUT2D eigenvalue weighted by molar-refractivity contribution is 5.25. The number of benzene rings is 1. The van der Waals surface area contributed by atoms with Crippen molar-refractivity contribution in [2.45, 2.75) is 103 Å². The first kappa shape index (κ1) is 19.0. The second-order valence-electron chi connectivity index (χ2n) is 9.08. The second kappa shape index (κ2) is 9.79. The Hall–Kier alpha value is -0.780. The average Bonchev–Trinajstić information content (AvgIpc) is 2.68. The maximum Gasteiger partial charge on any atom is -0.0162 e. The van der Waals surface area contributed by atoms with E-state index in [2.05, 4.69) is 38.1 Å². The number of hydrogen-bond acceptors (Lipinski definition) is 0. The summed E-state index contributed by atoms with van der Waals surface area (Å²) >= 11 is 0. The van der Waals surface area contributed by atoms with Gasteiger partial charge in [0.15, 0.2) is 0 Å². The van der Waals surface area contributed by atoms with Crippen molar-refractivity contribution < 1.29 is 0 Å². The van der Waals surface area contributed by atoms with E-state index in [0.717, 1.165) is 30.1 Å². The Kier molecular flexibility index (Phi) is 7.44. The van der Waals surface area contributed by atoms with Crippen molar-refractivity contribution in [2.75, 3.05) is 0 Å². The van der Waals surface area contributed by atoms with Crippen LogP contribution in [-0.2, 0) is 6.42 Å². The molecule has 0 nitrogen and oxygen atoms in total. The maximum atomic E-state index is 2.40. The van der Waals surface area contributed by atoms with Gasteiger partial charge < -0.3 is 0 Å². The molecule has 0 radical (unpaired) electrons. The van der Waals surface area contributed by atoms with E-state index in [9.17, 15) is 0 Å². The molecule has 1 aromatic rings. The van der Waals surface area contributed by atoms with Crippen molar-refractivity contribution in [2.24, 2.45) is 17.8 Å². The van der Waals surface area contributed by atoms with E-state index in [0.29, 0.717) is 0 Å². The summed E-state index contributed by atoms with van der Waals surface area (Å²) in [6, 6.07) is 9.50. The van der Waals surface area contributed by atoms with Crippen LogP contribution in [0.25, 0.3) is 0 Å². The minimum absolute atomic E-state index is 0.840. The summed E-state index contributed by atoms with van der Waals surface area (Å²) < 4.78 is 0. The Labute approximate surface area is 156 Å². The molecule has 0 heterocycles. The molecular weight excluding hydrogens is 300 g/mol. The van der Waals surface area contributed by atoms with Crippen molar-refractivity contribution in [1.82, 2.24) is 0 Å². The third kappa shape index (κ3) is 5.60. The largest absolute Gasteiger partial charge is 0.0654 e. The van der Waals surface area contributed by atoms with Crippen molar-refractivity contribution in [3.63, 3.8) is 0 Å². The molecule has 3 rings (SSSR count). The molecule has 0 saturated heterocycles. The molecule has 0 heteroatoms. The Morgan fingerprint density at radius 2 is 1.28 bits per heavy atom. The molecule has 1 aromatic carbocycles. The molecule has 2 aliphatic carbocycles. The van der Waals surface area contributed by atoms with Gasteiger partial charge in [-0.15, -0.1) is 0 Å². The lowest BCUT2D eigenvalue weighted by atomic mass is 9.71. The molecule has 2 aliphatic rings. The van der Waals surface area contributed by atoms with Gasteiger partial charge in [-0.3, -0.25) is 0 Å². The third-order valence-electron chi connectivity index (χ3n) is 7.31. The lowest BCUT2D eigenvalue weighted by Crippen LogP contribution is -2.20. The molecule has 140 valence electrons. The standard InChI is InChI=1S/C25H40/c1-3-5-6-21-7-9-22(10-8-21)19-23-13-17-25(18-14-23)24-15-11-20(4-2)12-16-24/h11-12,15-16,21-23,25H,3-10,13-14,17-19H2,1-2H3. The highest BCUT2D eigenvalue weighted by Crippen LogP contribution is 2.41. The average molecular weight is 341 g/mol. The van der Waals surface area contributed by atoms with Crippen LogP contribution in [0.1, 0.15) is 108 Å². The topological polar surface area (TPSA) is 0 Å². The van der Waals surface area contributed by atoms with Gasteiger partial charge >= 0.3 is 0 Å². The molecule has 0 aliphatic heterocycles. The Balaban J connectivity index is 1.38. The van der Waals surface area contributed by atoms with Gasteiger partial charge in [-0.2, -0.15) is 0 Å². The summed E-state index contributed by atoms with van der Waals surface area (Å²) in [5, 5.41) is 0. The van der Waals surface area contributed by atoms with Crippen LogP contribution in [0.3, 0.4) is 0 Å². The molecule has 0 spiro atoms. The summed E-state index contributed by atoms with van der Waals surface area (Å²) in [4.78, 5) is 0. The first-order chi connectivity index (χ1) is 12.3. The summed E-state index contributed by atoms with van der Waals surface area (Å²) in [6.45, 7) is 4.58. The number of rotatable bonds is 7. The van der Waals surface area contributed by atoms with Gasteiger partial charge in [-0.1, -0.05) is 83.1 Å². The van der Waals surface area contributed by atoms with E-state index in [1.54, 1.807) is 12.0 Å². The van der Waals surface area contributed by atoms with Gasteiger partial charge in [-0.25, -0.2) is 0 Å². The van der Waals surface area contributed by atoms with Gasteiger partial charge in [0.1, 0.15) is 0 Å².